The molecule has 0 atom stereocenters. The fraction of sp³-hybridized carbons (Fsp3) is 0.0667. The van der Waals surface area contributed by atoms with Crippen LogP contribution >= 0.6 is 34.2 Å². The maximum absolute atomic E-state index is 6.03. The van der Waals surface area contributed by atoms with Gasteiger partial charge in [0.05, 0.1) is 18.2 Å². The summed E-state index contributed by atoms with van der Waals surface area (Å²) in [6, 6.07) is 13.1. The largest absolute Gasteiger partial charge is 0.496 e. The van der Waals surface area contributed by atoms with E-state index in [4.69, 9.17) is 20.9 Å². The molecule has 0 saturated heterocycles. The Morgan fingerprint density at radius 1 is 1.14 bits per heavy atom. The molecule has 0 aliphatic heterocycles. The average Bonchev–Trinajstić information content (AvgIpc) is 2.97. The summed E-state index contributed by atoms with van der Waals surface area (Å²) < 4.78 is 11.7. The van der Waals surface area contributed by atoms with E-state index in [-0.39, 0.29) is 0 Å². The molecule has 0 aliphatic carbocycles. The molecule has 21 heavy (non-hydrogen) atoms. The van der Waals surface area contributed by atoms with Crippen molar-refractivity contribution < 1.29 is 9.26 Å². The standard InChI is InChI=1S/C15H10ClIN2O2/c1-20-13-7-6-9(16)8-11(13)14-18-15(21-19-14)10-4-2-3-5-12(10)17/h2-8H,1H3. The molecule has 0 N–H and O–H groups in total. The Labute approximate surface area is 140 Å². The molecule has 3 aromatic rings. The van der Waals surface area contributed by atoms with Crippen molar-refractivity contribution in [2.24, 2.45) is 0 Å². The Bertz CT molecular complexity index is 789. The molecule has 0 saturated carbocycles. The molecule has 3 rings (SSSR count). The van der Waals surface area contributed by atoms with Gasteiger partial charge >= 0.3 is 0 Å². The molecule has 1 aromatic heterocycles. The first-order chi connectivity index (χ1) is 10.2. The van der Waals surface area contributed by atoms with E-state index in [0.29, 0.717) is 28.1 Å². The maximum atomic E-state index is 6.03. The van der Waals surface area contributed by atoms with Gasteiger partial charge in [-0.1, -0.05) is 28.9 Å². The summed E-state index contributed by atoms with van der Waals surface area (Å²) in [5.41, 5.74) is 1.60. The van der Waals surface area contributed by atoms with E-state index in [9.17, 15) is 0 Å². The third kappa shape index (κ3) is 2.89. The predicted octanol–water partition coefficient (Wildman–Crippen LogP) is 4.67. The zero-order valence-electron chi connectivity index (χ0n) is 11.0. The number of rotatable bonds is 3. The van der Waals surface area contributed by atoms with Gasteiger partial charge in [-0.15, -0.1) is 0 Å². The molecule has 0 fully saturated rings. The first kappa shape index (κ1) is 14.3. The van der Waals surface area contributed by atoms with Gasteiger partial charge in [0.25, 0.3) is 5.89 Å². The quantitative estimate of drug-likeness (QED) is 0.587. The highest BCUT2D eigenvalue weighted by Crippen LogP contribution is 2.32. The zero-order valence-corrected chi connectivity index (χ0v) is 13.9. The lowest BCUT2D eigenvalue weighted by Gasteiger charge is -2.04. The predicted molar refractivity (Wildman–Crippen MR) is 89.4 cm³/mol. The van der Waals surface area contributed by atoms with Crippen molar-refractivity contribution in [1.82, 2.24) is 10.1 Å². The molecule has 0 radical (unpaired) electrons. The highest BCUT2D eigenvalue weighted by Gasteiger charge is 2.16. The minimum absolute atomic E-state index is 0.448. The Balaban J connectivity index is 2.07. The number of nitrogens with zero attached hydrogens (tertiary/aromatic N) is 2. The summed E-state index contributed by atoms with van der Waals surface area (Å²) in [6.45, 7) is 0. The lowest BCUT2D eigenvalue weighted by atomic mass is 10.2. The smallest absolute Gasteiger partial charge is 0.259 e. The van der Waals surface area contributed by atoms with Crippen LogP contribution in [0.5, 0.6) is 5.75 Å². The van der Waals surface area contributed by atoms with Gasteiger partial charge in [0, 0.05) is 8.59 Å². The van der Waals surface area contributed by atoms with Crippen LogP contribution in [0.1, 0.15) is 0 Å². The van der Waals surface area contributed by atoms with Crippen LogP contribution in [-0.4, -0.2) is 17.3 Å². The fourth-order valence-electron chi connectivity index (χ4n) is 1.93. The zero-order chi connectivity index (χ0) is 14.8. The van der Waals surface area contributed by atoms with Crippen LogP contribution in [0.3, 0.4) is 0 Å². The highest BCUT2D eigenvalue weighted by atomic mass is 127. The number of hydrogen-bond donors (Lipinski definition) is 0. The summed E-state index contributed by atoms with van der Waals surface area (Å²) in [4.78, 5) is 4.44. The number of benzene rings is 2. The van der Waals surface area contributed by atoms with E-state index in [1.54, 1.807) is 25.3 Å². The van der Waals surface area contributed by atoms with Crippen LogP contribution in [0.25, 0.3) is 22.8 Å². The highest BCUT2D eigenvalue weighted by molar-refractivity contribution is 14.1. The lowest BCUT2D eigenvalue weighted by Crippen LogP contribution is -1.89. The van der Waals surface area contributed by atoms with Crippen LogP contribution < -0.4 is 4.74 Å². The van der Waals surface area contributed by atoms with E-state index in [1.807, 2.05) is 24.3 Å². The number of hydrogen-bond acceptors (Lipinski definition) is 4. The van der Waals surface area contributed by atoms with Gasteiger partial charge in [-0.3, -0.25) is 0 Å². The number of methoxy groups -OCH3 is 1. The molecule has 4 nitrogen and oxygen atoms in total. The van der Waals surface area contributed by atoms with Crippen LogP contribution in [0.15, 0.2) is 47.0 Å². The molecular weight excluding hydrogens is 403 g/mol. The van der Waals surface area contributed by atoms with Crippen LogP contribution in [0.4, 0.5) is 0 Å². The molecule has 106 valence electrons. The SMILES string of the molecule is COc1ccc(Cl)cc1-c1noc(-c2ccccc2I)n1. The third-order valence-electron chi connectivity index (χ3n) is 2.93. The van der Waals surface area contributed by atoms with Crippen LogP contribution in [0, 0.1) is 3.57 Å². The summed E-state index contributed by atoms with van der Waals surface area (Å²) in [5, 5.41) is 4.61. The Hall–Kier alpha value is -1.60. The molecule has 0 unspecified atom stereocenters. The molecule has 1 heterocycles. The van der Waals surface area contributed by atoms with Gasteiger partial charge in [0.15, 0.2) is 0 Å². The second-order valence-electron chi connectivity index (χ2n) is 4.25. The summed E-state index contributed by atoms with van der Waals surface area (Å²) in [6.07, 6.45) is 0. The molecule has 6 heteroatoms. The van der Waals surface area contributed by atoms with E-state index in [1.165, 1.54) is 0 Å². The van der Waals surface area contributed by atoms with E-state index >= 15 is 0 Å². The van der Waals surface area contributed by atoms with E-state index < -0.39 is 0 Å². The van der Waals surface area contributed by atoms with Crippen molar-refractivity contribution in [3.05, 3.63) is 51.1 Å². The normalized spacial score (nSPS) is 10.6. The van der Waals surface area contributed by atoms with Crippen LogP contribution in [-0.2, 0) is 0 Å². The summed E-state index contributed by atoms with van der Waals surface area (Å²) in [7, 11) is 1.59. The van der Waals surface area contributed by atoms with Crippen molar-refractivity contribution in [2.75, 3.05) is 7.11 Å². The Morgan fingerprint density at radius 3 is 2.71 bits per heavy atom. The number of ether oxygens (including phenoxy) is 1. The van der Waals surface area contributed by atoms with Gasteiger partial charge in [-0.05, 0) is 52.9 Å². The lowest BCUT2D eigenvalue weighted by molar-refractivity contribution is 0.413. The summed E-state index contributed by atoms with van der Waals surface area (Å²) in [5.74, 6) is 1.57. The Morgan fingerprint density at radius 2 is 1.95 bits per heavy atom. The molecule has 0 spiro atoms. The van der Waals surface area contributed by atoms with Gasteiger partial charge in [-0.25, -0.2) is 0 Å². The second kappa shape index (κ2) is 6.03. The Kier molecular flexibility index (Phi) is 4.12. The van der Waals surface area contributed by atoms with E-state index in [0.717, 1.165) is 9.13 Å². The van der Waals surface area contributed by atoms with Gasteiger partial charge < -0.3 is 9.26 Å². The number of aromatic nitrogens is 2. The monoisotopic (exact) mass is 412 g/mol. The van der Waals surface area contributed by atoms with Crippen molar-refractivity contribution in [2.45, 2.75) is 0 Å². The van der Waals surface area contributed by atoms with Crippen molar-refractivity contribution in [3.8, 4) is 28.6 Å². The van der Waals surface area contributed by atoms with E-state index in [2.05, 4.69) is 32.7 Å². The minimum Gasteiger partial charge on any atom is -0.496 e. The van der Waals surface area contributed by atoms with Crippen molar-refractivity contribution in [3.63, 3.8) is 0 Å². The maximum Gasteiger partial charge on any atom is 0.259 e. The van der Waals surface area contributed by atoms with Crippen LogP contribution in [0.2, 0.25) is 5.02 Å². The molecule has 0 amide bonds. The molecule has 0 aliphatic rings. The number of halogens is 2. The first-order valence-electron chi connectivity index (χ1n) is 6.11. The molecular formula is C15H10ClIN2O2. The topological polar surface area (TPSA) is 48.2 Å². The average molecular weight is 413 g/mol. The fourth-order valence-corrected chi connectivity index (χ4v) is 2.72. The van der Waals surface area contributed by atoms with Gasteiger partial charge in [-0.2, -0.15) is 4.98 Å². The second-order valence-corrected chi connectivity index (χ2v) is 5.85. The first-order valence-corrected chi connectivity index (χ1v) is 7.57. The van der Waals surface area contributed by atoms with Gasteiger partial charge in [0.1, 0.15) is 5.75 Å². The third-order valence-corrected chi connectivity index (χ3v) is 4.11. The summed E-state index contributed by atoms with van der Waals surface area (Å²) >= 11 is 8.26. The minimum atomic E-state index is 0.448. The molecule has 0 bridgehead atoms. The van der Waals surface area contributed by atoms with Gasteiger partial charge in [0.2, 0.25) is 5.82 Å². The van der Waals surface area contributed by atoms with Crippen molar-refractivity contribution in [1.29, 1.82) is 0 Å². The van der Waals surface area contributed by atoms with Crippen molar-refractivity contribution >= 4 is 34.2 Å². The molecule has 2 aromatic carbocycles.